The van der Waals surface area contributed by atoms with Crippen molar-refractivity contribution in [1.82, 2.24) is 0 Å². The Hall–Kier alpha value is -1.21. The van der Waals surface area contributed by atoms with Crippen molar-refractivity contribution in [2.24, 2.45) is 0 Å². The number of carbonyl (C=O) groups excluding carboxylic acids is 2. The van der Waals surface area contributed by atoms with E-state index >= 15 is 0 Å². The molecule has 0 aromatic heterocycles. The van der Waals surface area contributed by atoms with Crippen molar-refractivity contribution in [3.8, 4) is 0 Å². The van der Waals surface area contributed by atoms with Crippen molar-refractivity contribution in [2.45, 2.75) is 31.9 Å². The molecule has 0 saturated carbocycles. The Bertz CT molecular complexity index is 258. The number of esters is 2. The van der Waals surface area contributed by atoms with Gasteiger partial charge in [0.1, 0.15) is 0 Å². The fraction of sp³-hybridized carbons (Fsp3) is 0.714. The zero-order valence-electron chi connectivity index (χ0n) is 7.53. The first-order valence-electron chi connectivity index (χ1n) is 3.82. The molecule has 88 valence electrons. The van der Waals surface area contributed by atoms with Crippen LogP contribution in [0.3, 0.4) is 0 Å². The fourth-order valence-corrected chi connectivity index (χ4v) is 0.633. The van der Waals surface area contributed by atoms with Crippen LogP contribution in [0.2, 0.25) is 0 Å². The summed E-state index contributed by atoms with van der Waals surface area (Å²) in [5.74, 6) is -9.50. The van der Waals surface area contributed by atoms with Crippen LogP contribution in [0.25, 0.3) is 0 Å². The minimum absolute atomic E-state index is 0.137. The summed E-state index contributed by atoms with van der Waals surface area (Å²) in [5, 5.41) is 0. The second-order valence-electron chi connectivity index (χ2n) is 2.63. The number of rotatable bonds is 3. The van der Waals surface area contributed by atoms with Crippen LogP contribution in [0.1, 0.15) is 19.8 Å². The molecule has 0 radical (unpaired) electrons. The predicted octanol–water partition coefficient (Wildman–Crippen LogP) is 2.05. The number of hydrogen-bond donors (Lipinski definition) is 0. The van der Waals surface area contributed by atoms with Gasteiger partial charge >= 0.3 is 24.0 Å². The van der Waals surface area contributed by atoms with Crippen molar-refractivity contribution in [3.05, 3.63) is 0 Å². The SMILES string of the molecule is CCCC(F)(F)C(=O)OC(=O)C(F)(F)F. The molecular weight excluding hydrogens is 227 g/mol. The highest BCUT2D eigenvalue weighted by atomic mass is 19.4. The summed E-state index contributed by atoms with van der Waals surface area (Å²) < 4.78 is 62.7. The minimum atomic E-state index is -5.46. The van der Waals surface area contributed by atoms with E-state index in [1.54, 1.807) is 0 Å². The predicted molar refractivity (Wildman–Crippen MR) is 37.0 cm³/mol. The Morgan fingerprint density at radius 3 is 1.87 bits per heavy atom. The molecule has 0 heterocycles. The molecule has 3 nitrogen and oxygen atoms in total. The van der Waals surface area contributed by atoms with Gasteiger partial charge in [0, 0.05) is 6.42 Å². The van der Waals surface area contributed by atoms with E-state index in [0.29, 0.717) is 0 Å². The maximum absolute atomic E-state index is 12.6. The van der Waals surface area contributed by atoms with E-state index in [9.17, 15) is 31.5 Å². The van der Waals surface area contributed by atoms with Gasteiger partial charge in [-0.05, 0) is 6.42 Å². The van der Waals surface area contributed by atoms with Gasteiger partial charge in [-0.3, -0.25) is 0 Å². The summed E-state index contributed by atoms with van der Waals surface area (Å²) in [4.78, 5) is 20.4. The van der Waals surface area contributed by atoms with Crippen LogP contribution in [-0.4, -0.2) is 24.0 Å². The molecule has 0 aliphatic heterocycles. The van der Waals surface area contributed by atoms with Crippen LogP contribution in [0.4, 0.5) is 22.0 Å². The fourth-order valence-electron chi connectivity index (χ4n) is 0.633. The van der Waals surface area contributed by atoms with Gasteiger partial charge in [0.05, 0.1) is 0 Å². The van der Waals surface area contributed by atoms with Crippen molar-refractivity contribution in [3.63, 3.8) is 0 Å². The van der Waals surface area contributed by atoms with Crippen LogP contribution < -0.4 is 0 Å². The average molecular weight is 234 g/mol. The number of carbonyl (C=O) groups is 2. The first-order valence-corrected chi connectivity index (χ1v) is 3.82. The summed E-state index contributed by atoms with van der Waals surface area (Å²) in [6.45, 7) is 1.30. The lowest BCUT2D eigenvalue weighted by molar-refractivity contribution is -0.210. The highest BCUT2D eigenvalue weighted by Gasteiger charge is 2.48. The molecule has 0 aliphatic carbocycles. The lowest BCUT2D eigenvalue weighted by atomic mass is 10.2. The third-order valence-corrected chi connectivity index (χ3v) is 1.28. The van der Waals surface area contributed by atoms with E-state index in [4.69, 9.17) is 0 Å². The van der Waals surface area contributed by atoms with Crippen LogP contribution in [0, 0.1) is 0 Å². The maximum Gasteiger partial charge on any atom is 0.491 e. The number of alkyl halides is 5. The summed E-state index contributed by atoms with van der Waals surface area (Å²) in [6.07, 6.45) is -6.57. The molecule has 0 fully saturated rings. The zero-order chi connectivity index (χ0) is 12.3. The monoisotopic (exact) mass is 234 g/mol. The third-order valence-electron chi connectivity index (χ3n) is 1.28. The van der Waals surface area contributed by atoms with Gasteiger partial charge in [0.2, 0.25) is 0 Å². The summed E-state index contributed by atoms with van der Waals surface area (Å²) >= 11 is 0. The highest BCUT2D eigenvalue weighted by molar-refractivity contribution is 5.91. The summed E-state index contributed by atoms with van der Waals surface area (Å²) in [5.41, 5.74) is 0. The van der Waals surface area contributed by atoms with Gasteiger partial charge < -0.3 is 4.74 Å². The van der Waals surface area contributed by atoms with Crippen molar-refractivity contribution in [1.29, 1.82) is 0 Å². The largest absolute Gasteiger partial charge is 0.491 e. The van der Waals surface area contributed by atoms with Gasteiger partial charge in [0.15, 0.2) is 0 Å². The van der Waals surface area contributed by atoms with Crippen LogP contribution in [-0.2, 0) is 14.3 Å². The molecule has 0 saturated heterocycles. The zero-order valence-corrected chi connectivity index (χ0v) is 7.53. The Morgan fingerprint density at radius 2 is 1.53 bits per heavy atom. The van der Waals surface area contributed by atoms with E-state index in [2.05, 4.69) is 4.74 Å². The average Bonchev–Trinajstić information content (AvgIpc) is 2.01. The highest BCUT2D eigenvalue weighted by Crippen LogP contribution is 2.24. The molecule has 0 bridgehead atoms. The Balaban J connectivity index is 4.44. The van der Waals surface area contributed by atoms with Gasteiger partial charge in [-0.1, -0.05) is 6.92 Å². The molecule has 0 atom stereocenters. The quantitative estimate of drug-likeness (QED) is 0.426. The Kier molecular flexibility index (Phi) is 4.17. The number of ether oxygens (including phenoxy) is 1. The second kappa shape index (κ2) is 4.54. The van der Waals surface area contributed by atoms with Crippen molar-refractivity contribution < 1.29 is 36.3 Å². The molecule has 0 aliphatic rings. The minimum Gasteiger partial charge on any atom is -0.382 e. The number of halogens is 5. The molecular formula is C7H7F5O3. The van der Waals surface area contributed by atoms with Gasteiger partial charge in [0.25, 0.3) is 0 Å². The molecule has 0 spiro atoms. The van der Waals surface area contributed by atoms with Gasteiger partial charge in [-0.15, -0.1) is 0 Å². The number of hydrogen-bond acceptors (Lipinski definition) is 3. The van der Waals surface area contributed by atoms with E-state index in [0.717, 1.165) is 0 Å². The van der Waals surface area contributed by atoms with Crippen LogP contribution >= 0.6 is 0 Å². The van der Waals surface area contributed by atoms with Crippen LogP contribution in [0.15, 0.2) is 0 Å². The first-order chi connectivity index (χ1) is 6.61. The molecule has 8 heteroatoms. The molecule has 0 aromatic rings. The lowest BCUT2D eigenvalue weighted by Crippen LogP contribution is -2.36. The smallest absolute Gasteiger partial charge is 0.382 e. The van der Waals surface area contributed by atoms with E-state index in [1.807, 2.05) is 0 Å². The van der Waals surface area contributed by atoms with E-state index in [-0.39, 0.29) is 6.42 Å². The lowest BCUT2D eigenvalue weighted by Gasteiger charge is -2.13. The molecule has 0 aromatic carbocycles. The molecule has 15 heavy (non-hydrogen) atoms. The first kappa shape index (κ1) is 13.8. The van der Waals surface area contributed by atoms with E-state index < -0.39 is 30.5 Å². The van der Waals surface area contributed by atoms with Gasteiger partial charge in [-0.25, -0.2) is 9.59 Å². The second-order valence-corrected chi connectivity index (χ2v) is 2.63. The molecule has 0 unspecified atom stereocenters. The maximum atomic E-state index is 12.6. The van der Waals surface area contributed by atoms with Gasteiger partial charge in [-0.2, -0.15) is 22.0 Å². The molecule has 0 N–H and O–H groups in total. The summed E-state index contributed by atoms with van der Waals surface area (Å²) in [6, 6.07) is 0. The standard InChI is InChI=1S/C7H7F5O3/c1-2-3-6(8,9)4(13)15-5(14)7(10,11)12/h2-3H2,1H3. The Labute approximate surface area is 81.2 Å². The van der Waals surface area contributed by atoms with Crippen molar-refractivity contribution >= 4 is 11.9 Å². The molecule has 0 amide bonds. The Morgan fingerprint density at radius 1 is 1.07 bits per heavy atom. The van der Waals surface area contributed by atoms with E-state index in [1.165, 1.54) is 6.92 Å². The topological polar surface area (TPSA) is 43.4 Å². The molecule has 0 rings (SSSR count). The summed E-state index contributed by atoms with van der Waals surface area (Å²) in [7, 11) is 0. The third kappa shape index (κ3) is 4.22. The normalized spacial score (nSPS) is 12.4. The van der Waals surface area contributed by atoms with Crippen LogP contribution in [0.5, 0.6) is 0 Å². The van der Waals surface area contributed by atoms with Crippen molar-refractivity contribution in [2.75, 3.05) is 0 Å².